The molecule has 33 heavy (non-hydrogen) atoms. The van der Waals surface area contributed by atoms with Gasteiger partial charge in [-0.25, -0.2) is 4.98 Å². The SMILES string of the molecule is CC(C)NC(=O)[C@]1(Cc2cccc(-c3ccncc3)c2)CCN(C(=O)[C@H](C)n2ccnc2)C1. The van der Waals surface area contributed by atoms with Gasteiger partial charge in [-0.3, -0.25) is 14.6 Å². The molecule has 1 aromatic carbocycles. The van der Waals surface area contributed by atoms with E-state index in [1.807, 2.05) is 43.9 Å². The Morgan fingerprint density at radius 1 is 1.06 bits per heavy atom. The molecule has 7 heteroatoms. The molecule has 0 spiro atoms. The van der Waals surface area contributed by atoms with E-state index >= 15 is 0 Å². The zero-order valence-electron chi connectivity index (χ0n) is 19.4. The average Bonchev–Trinajstić information content (AvgIpc) is 3.50. The third-order valence-electron chi connectivity index (χ3n) is 6.38. The zero-order valence-corrected chi connectivity index (χ0v) is 19.4. The second-order valence-electron chi connectivity index (χ2n) is 9.22. The van der Waals surface area contributed by atoms with Crippen molar-refractivity contribution in [2.24, 2.45) is 5.41 Å². The maximum absolute atomic E-state index is 13.4. The van der Waals surface area contributed by atoms with Crippen LogP contribution >= 0.6 is 0 Å². The third-order valence-corrected chi connectivity index (χ3v) is 6.38. The molecule has 1 aliphatic heterocycles. The lowest BCUT2D eigenvalue weighted by Gasteiger charge is -2.30. The largest absolute Gasteiger partial charge is 0.353 e. The molecular weight excluding hydrogens is 414 g/mol. The number of carbonyl (C=O) groups is 2. The van der Waals surface area contributed by atoms with E-state index in [-0.39, 0.29) is 23.9 Å². The summed E-state index contributed by atoms with van der Waals surface area (Å²) in [6.07, 6.45) is 9.89. The van der Waals surface area contributed by atoms with Gasteiger partial charge in [0.1, 0.15) is 6.04 Å². The van der Waals surface area contributed by atoms with Crippen LogP contribution in [0.2, 0.25) is 0 Å². The van der Waals surface area contributed by atoms with E-state index in [0.717, 1.165) is 16.7 Å². The number of rotatable bonds is 7. The molecule has 1 N–H and O–H groups in total. The molecule has 0 bridgehead atoms. The first kappa shape index (κ1) is 22.7. The van der Waals surface area contributed by atoms with E-state index in [0.29, 0.717) is 25.9 Å². The number of pyridine rings is 1. The smallest absolute Gasteiger partial charge is 0.245 e. The molecule has 2 amide bonds. The molecule has 0 aliphatic carbocycles. The summed E-state index contributed by atoms with van der Waals surface area (Å²) in [6.45, 7) is 6.77. The molecule has 1 aliphatic rings. The summed E-state index contributed by atoms with van der Waals surface area (Å²) in [7, 11) is 0. The first-order valence-corrected chi connectivity index (χ1v) is 11.4. The fourth-order valence-electron chi connectivity index (χ4n) is 4.57. The Balaban J connectivity index is 1.58. The number of likely N-dealkylation sites (tertiary alicyclic amines) is 1. The number of benzene rings is 1. The predicted molar refractivity (Wildman–Crippen MR) is 127 cm³/mol. The summed E-state index contributed by atoms with van der Waals surface area (Å²) in [6, 6.07) is 11.9. The number of aromatic nitrogens is 3. The Hall–Kier alpha value is -3.48. The predicted octanol–water partition coefficient (Wildman–Crippen LogP) is 3.49. The highest BCUT2D eigenvalue weighted by molar-refractivity contribution is 5.87. The Bertz CT molecular complexity index is 1100. The van der Waals surface area contributed by atoms with E-state index in [4.69, 9.17) is 0 Å². The molecule has 3 heterocycles. The van der Waals surface area contributed by atoms with Crippen molar-refractivity contribution >= 4 is 11.8 Å². The number of nitrogens with one attached hydrogen (secondary N) is 1. The summed E-state index contributed by atoms with van der Waals surface area (Å²) in [5.74, 6) is 0.0233. The van der Waals surface area contributed by atoms with Crippen LogP contribution in [0.4, 0.5) is 0 Å². The fourth-order valence-corrected chi connectivity index (χ4v) is 4.57. The van der Waals surface area contributed by atoms with E-state index in [1.165, 1.54) is 0 Å². The molecule has 2 aromatic heterocycles. The molecule has 172 valence electrons. The normalized spacial score (nSPS) is 19.0. The lowest BCUT2D eigenvalue weighted by Crippen LogP contribution is -2.47. The van der Waals surface area contributed by atoms with Crippen LogP contribution in [0.25, 0.3) is 11.1 Å². The monoisotopic (exact) mass is 445 g/mol. The van der Waals surface area contributed by atoms with Crippen molar-refractivity contribution in [3.8, 4) is 11.1 Å². The molecule has 1 fully saturated rings. The molecule has 4 rings (SSSR count). The number of hydrogen-bond donors (Lipinski definition) is 1. The van der Waals surface area contributed by atoms with Gasteiger partial charge in [0.2, 0.25) is 11.8 Å². The first-order valence-electron chi connectivity index (χ1n) is 11.4. The lowest BCUT2D eigenvalue weighted by molar-refractivity contribution is -0.135. The van der Waals surface area contributed by atoms with Crippen molar-refractivity contribution in [1.29, 1.82) is 0 Å². The van der Waals surface area contributed by atoms with E-state index in [2.05, 4.69) is 33.5 Å². The van der Waals surface area contributed by atoms with Gasteiger partial charge >= 0.3 is 0 Å². The van der Waals surface area contributed by atoms with Gasteiger partial charge in [-0.15, -0.1) is 0 Å². The minimum atomic E-state index is -0.661. The summed E-state index contributed by atoms with van der Waals surface area (Å²) in [4.78, 5) is 36.6. The number of nitrogens with zero attached hydrogens (tertiary/aromatic N) is 4. The van der Waals surface area contributed by atoms with Crippen LogP contribution in [-0.4, -0.2) is 50.4 Å². The quantitative estimate of drug-likeness (QED) is 0.604. The molecule has 0 radical (unpaired) electrons. The van der Waals surface area contributed by atoms with Gasteiger partial charge in [0, 0.05) is 43.9 Å². The zero-order chi connectivity index (χ0) is 23.4. The van der Waals surface area contributed by atoms with Gasteiger partial charge in [0.15, 0.2) is 0 Å². The highest BCUT2D eigenvalue weighted by atomic mass is 16.2. The van der Waals surface area contributed by atoms with Crippen molar-refractivity contribution in [2.45, 2.75) is 45.7 Å². The van der Waals surface area contributed by atoms with Gasteiger partial charge in [-0.05, 0) is 62.4 Å². The van der Waals surface area contributed by atoms with E-state index < -0.39 is 5.41 Å². The van der Waals surface area contributed by atoms with Gasteiger partial charge in [0.25, 0.3) is 0 Å². The van der Waals surface area contributed by atoms with Gasteiger partial charge < -0.3 is 14.8 Å². The maximum Gasteiger partial charge on any atom is 0.245 e. The number of amides is 2. The average molecular weight is 446 g/mol. The van der Waals surface area contributed by atoms with Gasteiger partial charge in [-0.2, -0.15) is 0 Å². The van der Waals surface area contributed by atoms with E-state index in [9.17, 15) is 9.59 Å². The van der Waals surface area contributed by atoms with E-state index in [1.54, 1.807) is 35.7 Å². The molecule has 0 unspecified atom stereocenters. The second kappa shape index (κ2) is 9.57. The summed E-state index contributed by atoms with van der Waals surface area (Å²) in [5, 5.41) is 3.11. The lowest BCUT2D eigenvalue weighted by atomic mass is 9.79. The van der Waals surface area contributed by atoms with Crippen LogP contribution in [0, 0.1) is 5.41 Å². The van der Waals surface area contributed by atoms with Crippen molar-refractivity contribution in [3.05, 3.63) is 73.1 Å². The molecule has 7 nitrogen and oxygen atoms in total. The number of imidazole rings is 1. The first-order chi connectivity index (χ1) is 15.9. The highest BCUT2D eigenvalue weighted by Crippen LogP contribution is 2.36. The second-order valence-corrected chi connectivity index (χ2v) is 9.22. The maximum atomic E-state index is 13.4. The Morgan fingerprint density at radius 2 is 1.85 bits per heavy atom. The van der Waals surface area contributed by atoms with Crippen molar-refractivity contribution in [1.82, 2.24) is 24.8 Å². The third kappa shape index (κ3) is 4.97. The molecule has 0 saturated carbocycles. The summed E-state index contributed by atoms with van der Waals surface area (Å²) < 4.78 is 1.80. The molecular formula is C26H31N5O2. The highest BCUT2D eigenvalue weighted by Gasteiger charge is 2.46. The molecule has 2 atom stereocenters. The van der Waals surface area contributed by atoms with Crippen LogP contribution < -0.4 is 5.32 Å². The van der Waals surface area contributed by atoms with Crippen molar-refractivity contribution < 1.29 is 9.59 Å². The molecule has 1 saturated heterocycles. The minimum Gasteiger partial charge on any atom is -0.353 e. The molecule has 3 aromatic rings. The van der Waals surface area contributed by atoms with Crippen molar-refractivity contribution in [3.63, 3.8) is 0 Å². The fraction of sp³-hybridized carbons (Fsp3) is 0.385. The topological polar surface area (TPSA) is 80.1 Å². The summed E-state index contributed by atoms with van der Waals surface area (Å²) >= 11 is 0. The van der Waals surface area contributed by atoms with Crippen LogP contribution in [0.15, 0.2) is 67.5 Å². The minimum absolute atomic E-state index is 0.0115. The van der Waals surface area contributed by atoms with Gasteiger partial charge in [-0.1, -0.05) is 24.3 Å². The Morgan fingerprint density at radius 3 is 2.55 bits per heavy atom. The number of carbonyl (C=O) groups excluding carboxylic acids is 2. The van der Waals surface area contributed by atoms with Crippen LogP contribution in [0.5, 0.6) is 0 Å². The van der Waals surface area contributed by atoms with Gasteiger partial charge in [0.05, 0.1) is 11.7 Å². The van der Waals surface area contributed by atoms with Crippen LogP contribution in [-0.2, 0) is 16.0 Å². The standard InChI is InChI=1S/C26H31N5O2/c1-19(2)29-25(33)26(9-13-30(17-26)24(32)20(3)31-14-12-28-18-31)16-21-5-4-6-23(15-21)22-7-10-27-11-8-22/h4-8,10-12,14-15,18-20H,9,13,16-17H2,1-3H3,(H,29,33)/t20-,26-/m0/s1. The summed E-state index contributed by atoms with van der Waals surface area (Å²) in [5.41, 5.74) is 2.60. The Labute approximate surface area is 194 Å². The Kier molecular flexibility index (Phi) is 6.58. The van der Waals surface area contributed by atoms with Crippen molar-refractivity contribution in [2.75, 3.05) is 13.1 Å². The number of hydrogen-bond acceptors (Lipinski definition) is 4. The van der Waals surface area contributed by atoms with Crippen LogP contribution in [0.1, 0.15) is 38.8 Å². The van der Waals surface area contributed by atoms with Crippen LogP contribution in [0.3, 0.4) is 0 Å².